The number of halogens is 2. The van der Waals surface area contributed by atoms with Crippen molar-refractivity contribution in [2.45, 2.75) is 0 Å². The highest BCUT2D eigenvalue weighted by molar-refractivity contribution is 5.10. The van der Waals surface area contributed by atoms with Crippen LogP contribution in [0.4, 0.5) is 9.41 Å². The van der Waals surface area contributed by atoms with Crippen LogP contribution in [0.2, 0.25) is 0 Å². The van der Waals surface area contributed by atoms with Gasteiger partial charge in [0.25, 0.3) is 0 Å². The van der Waals surface area contributed by atoms with Crippen molar-refractivity contribution in [2.24, 2.45) is 0 Å². The van der Waals surface area contributed by atoms with Crippen LogP contribution in [0.5, 0.6) is 0 Å². The Bertz CT molecular complexity index is 6.00. The van der Waals surface area contributed by atoms with E-state index >= 15 is 0 Å². The first kappa shape index (κ1) is 80.4. The van der Waals surface area contributed by atoms with Crippen molar-refractivity contribution in [3.05, 3.63) is 0 Å². The highest BCUT2D eigenvalue weighted by Gasteiger charge is 0.636. The van der Waals surface area contributed by atoms with E-state index in [9.17, 15) is 0 Å². The molecule has 0 saturated carbocycles. The second-order valence-corrected chi connectivity index (χ2v) is 0. The molecule has 0 rings (SSSR count). The Hall–Kier alpha value is -0.470. The molecule has 0 saturated heterocycles. The van der Waals surface area contributed by atoms with E-state index < -0.39 is 0 Å². The molecule has 0 atom stereocenters. The topological polar surface area (TPSA) is 17.1 Å². The lowest BCUT2D eigenvalue weighted by molar-refractivity contribution is -0.0979. The van der Waals surface area contributed by atoms with Crippen molar-refractivity contribution in [2.75, 3.05) is 0 Å². The molecular formula is CH4F2O. The number of hydrogen-bond donors (Lipinski definition) is 0. The second kappa shape index (κ2) is 26.8. The molecule has 0 aromatic heterocycles. The van der Waals surface area contributed by atoms with Gasteiger partial charge in [0.1, 0.15) is 6.79 Å². The predicted octanol–water partition coefficient (Wildman–Crippen LogP) is 0.120. The fourth-order valence-corrected chi connectivity index (χ4v) is 0. The van der Waals surface area contributed by atoms with Gasteiger partial charge in [-0.25, -0.2) is 0 Å². The van der Waals surface area contributed by atoms with Crippen LogP contribution < -0.4 is 0 Å². The molecule has 0 aromatic rings. The van der Waals surface area contributed by atoms with E-state index in [-0.39, 0.29) is 9.41 Å². The van der Waals surface area contributed by atoms with Crippen LogP contribution in [0.3, 0.4) is 0 Å². The summed E-state index contributed by atoms with van der Waals surface area (Å²) in [5, 5.41) is 0. The Morgan fingerprint density at radius 1 is 1.00 bits per heavy atom. The molecule has 0 amide bonds. The van der Waals surface area contributed by atoms with Crippen LogP contribution in [0.1, 0.15) is 0 Å². The first-order valence-electron chi connectivity index (χ1n) is 0.289. The molecule has 3 heteroatoms. The third kappa shape index (κ3) is 1.95. The van der Waals surface area contributed by atoms with Gasteiger partial charge in [-0.15, -0.1) is 0 Å². The van der Waals surface area contributed by atoms with E-state index in [0.717, 1.165) is 0 Å². The lowest BCUT2D eigenvalue weighted by atomic mass is 11.9. The summed E-state index contributed by atoms with van der Waals surface area (Å²) in [6.45, 7) is 2.00. The Labute approximate surface area is 22.4 Å². The maximum absolute atomic E-state index is 8.00. The van der Waals surface area contributed by atoms with Crippen LogP contribution in [0.15, 0.2) is 0 Å². The molecule has 0 spiro atoms. The van der Waals surface area contributed by atoms with Gasteiger partial charge in [-0.2, -0.15) is 0 Å². The standard InChI is InChI=1S/CH2O.2FH/c1-2;;/h1H2;2*1H. The average Bonchev–Trinajstić information content (AvgIpc) is 1.00. The van der Waals surface area contributed by atoms with Crippen LogP contribution in [0, 0.1) is 0 Å². The van der Waals surface area contributed by atoms with Gasteiger partial charge in [-0.3, -0.25) is 9.41 Å². The molecule has 0 N–H and O–H groups in total. The lowest BCUT2D eigenvalue weighted by Crippen LogP contribution is -0.925. The molecule has 0 aliphatic carbocycles. The molecule has 0 aliphatic rings. The van der Waals surface area contributed by atoms with E-state index in [1.807, 2.05) is 6.79 Å². The summed E-state index contributed by atoms with van der Waals surface area (Å²) in [4.78, 5) is 8.00. The summed E-state index contributed by atoms with van der Waals surface area (Å²) < 4.78 is 0. The molecule has 4 heavy (non-hydrogen) atoms. The first-order chi connectivity index (χ1) is 1.00. The van der Waals surface area contributed by atoms with Crippen LogP contribution in [0.25, 0.3) is 0 Å². The Balaban J connectivity index is -0.00000000500. The number of rotatable bonds is 0. The van der Waals surface area contributed by atoms with E-state index in [1.165, 1.54) is 0 Å². The minimum atomic E-state index is 0. The van der Waals surface area contributed by atoms with Gasteiger partial charge in [-0.1, -0.05) is 0 Å². The number of hydrogen-bond acceptors (Lipinski definition) is 1. The molecule has 0 unspecified atom stereocenters. The van der Waals surface area contributed by atoms with Gasteiger partial charge in [0.05, 0.1) is 0 Å². The fourth-order valence-electron chi connectivity index (χ4n) is 0. The SMILES string of the molecule is C=O.F.F. The Morgan fingerprint density at radius 3 is 1.00 bits per heavy atom. The summed E-state index contributed by atoms with van der Waals surface area (Å²) in [7, 11) is 0. The maximum atomic E-state index is 8.00. The van der Waals surface area contributed by atoms with Crippen molar-refractivity contribution < 1.29 is 14.2 Å². The van der Waals surface area contributed by atoms with Gasteiger partial charge in [0.2, 0.25) is 0 Å². The van der Waals surface area contributed by atoms with Crippen molar-refractivity contribution in [1.82, 2.24) is 0 Å². The number of carbonyl (C=O) groups is 1. The van der Waals surface area contributed by atoms with Crippen molar-refractivity contribution in [3.63, 3.8) is 0 Å². The minimum absolute atomic E-state index is 0. The quantitative estimate of drug-likeness (QED) is 0.395. The highest BCUT2D eigenvalue weighted by atomic mass is 19.0. The normalized spacial score (nSPS) is 1.00. The van der Waals surface area contributed by atoms with Gasteiger partial charge in [-0.05, 0) is 0 Å². The largest absolute Gasteiger partial charge is 0.307 e. The van der Waals surface area contributed by atoms with Gasteiger partial charge < -0.3 is 4.79 Å². The van der Waals surface area contributed by atoms with Crippen molar-refractivity contribution >= 4 is 6.79 Å². The summed E-state index contributed by atoms with van der Waals surface area (Å²) in [5.74, 6) is 0. The van der Waals surface area contributed by atoms with Crippen LogP contribution >= 0.6 is 0 Å². The second-order valence-electron chi connectivity index (χ2n) is 0. The summed E-state index contributed by atoms with van der Waals surface area (Å²) in [6.07, 6.45) is 0. The zero-order chi connectivity index (χ0) is 2.00. The third-order valence-electron chi connectivity index (χ3n) is 0. The third-order valence-corrected chi connectivity index (χ3v) is 0. The van der Waals surface area contributed by atoms with E-state index in [0.29, 0.717) is 0 Å². The average molecular weight is 70.0 g/mol. The molecule has 1 nitrogen and oxygen atoms in total. The smallest absolute Gasteiger partial charge is 0.106 e. The molecule has 28 valence electrons. The van der Waals surface area contributed by atoms with Crippen molar-refractivity contribution in [1.29, 1.82) is 0 Å². The summed E-state index contributed by atoms with van der Waals surface area (Å²) >= 11 is 0. The Morgan fingerprint density at radius 2 is 1.00 bits per heavy atom. The van der Waals surface area contributed by atoms with E-state index in [1.54, 1.807) is 0 Å². The molecule has 0 heterocycles. The van der Waals surface area contributed by atoms with Gasteiger partial charge in [0.15, 0.2) is 0 Å². The zero-order valence-corrected chi connectivity index (χ0v) is 1.93. The maximum Gasteiger partial charge on any atom is 0.106 e. The predicted molar refractivity (Wildman–Crippen MR) is 12.1 cm³/mol. The Kier molecular flexibility index (Phi) is 539. The molecule has 0 radical (unpaired) electrons. The van der Waals surface area contributed by atoms with Crippen LogP contribution in [-0.2, 0) is 4.79 Å². The summed E-state index contributed by atoms with van der Waals surface area (Å²) in [5.41, 5.74) is 0. The highest BCUT2D eigenvalue weighted by Crippen LogP contribution is 0.494. The van der Waals surface area contributed by atoms with E-state index in [4.69, 9.17) is 4.79 Å². The fraction of sp³-hybridized carbons (Fsp3) is 0. The monoisotopic (exact) mass is 70.0 g/mol. The molecular weight excluding hydrogens is 66.0 g/mol. The molecule has 0 bridgehead atoms. The van der Waals surface area contributed by atoms with Crippen LogP contribution in [-0.4, -0.2) is 6.79 Å². The molecule has 0 aromatic carbocycles. The van der Waals surface area contributed by atoms with Crippen molar-refractivity contribution in [3.8, 4) is 0 Å². The lowest BCUT2D eigenvalue weighted by Gasteiger charge is -0.837. The van der Waals surface area contributed by atoms with Gasteiger partial charge in [0, 0.05) is 0 Å². The summed E-state index contributed by atoms with van der Waals surface area (Å²) in [6, 6.07) is 0. The molecule has 0 fully saturated rings. The molecule has 0 aliphatic heterocycles. The zero-order valence-electron chi connectivity index (χ0n) is 1.93. The minimum Gasteiger partial charge on any atom is -0.307 e. The first-order valence-corrected chi connectivity index (χ1v) is 0.289. The van der Waals surface area contributed by atoms with Gasteiger partial charge >= 0.3 is 0 Å². The van der Waals surface area contributed by atoms with E-state index in [2.05, 4.69) is 0 Å². The number of carbonyl (C=O) groups excluding carboxylic acids is 1.